The molecule has 0 radical (unpaired) electrons. The molecule has 4 heteroatoms. The van der Waals surface area contributed by atoms with Crippen LogP contribution in [0.3, 0.4) is 0 Å². The summed E-state index contributed by atoms with van der Waals surface area (Å²) in [7, 11) is 0. The highest BCUT2D eigenvalue weighted by Crippen LogP contribution is 2.27. The molecule has 18 heavy (non-hydrogen) atoms. The molecule has 2 aliphatic heterocycles. The van der Waals surface area contributed by atoms with Gasteiger partial charge in [0.05, 0.1) is 11.7 Å². The van der Waals surface area contributed by atoms with E-state index in [1.165, 1.54) is 37.0 Å². The van der Waals surface area contributed by atoms with E-state index >= 15 is 0 Å². The number of H-pyrrole nitrogens is 1. The molecule has 1 unspecified atom stereocenters. The van der Waals surface area contributed by atoms with E-state index in [0.29, 0.717) is 6.04 Å². The topological polar surface area (TPSA) is 44.0 Å². The van der Waals surface area contributed by atoms with Crippen molar-refractivity contribution in [3.63, 3.8) is 0 Å². The van der Waals surface area contributed by atoms with E-state index in [1.54, 1.807) is 0 Å². The number of fused-ring (bicyclic) bond motifs is 3. The van der Waals surface area contributed by atoms with Crippen LogP contribution in [0.15, 0.2) is 24.4 Å². The van der Waals surface area contributed by atoms with Crippen LogP contribution < -0.4 is 5.32 Å². The van der Waals surface area contributed by atoms with Crippen molar-refractivity contribution in [2.24, 2.45) is 5.92 Å². The van der Waals surface area contributed by atoms with Gasteiger partial charge in [0, 0.05) is 31.1 Å². The van der Waals surface area contributed by atoms with Crippen LogP contribution in [0.25, 0.3) is 10.9 Å². The van der Waals surface area contributed by atoms with E-state index in [2.05, 4.69) is 38.6 Å². The fourth-order valence-electron chi connectivity index (χ4n) is 3.36. The molecule has 4 nitrogen and oxygen atoms in total. The Hall–Kier alpha value is -1.39. The summed E-state index contributed by atoms with van der Waals surface area (Å²) < 4.78 is 0. The van der Waals surface area contributed by atoms with E-state index in [-0.39, 0.29) is 0 Å². The van der Waals surface area contributed by atoms with Gasteiger partial charge in [0.25, 0.3) is 0 Å². The van der Waals surface area contributed by atoms with Crippen LogP contribution in [0.1, 0.15) is 12.0 Å². The van der Waals surface area contributed by atoms with E-state index < -0.39 is 0 Å². The first-order valence-electron chi connectivity index (χ1n) is 6.76. The van der Waals surface area contributed by atoms with Gasteiger partial charge in [-0.3, -0.25) is 5.10 Å². The Morgan fingerprint density at radius 2 is 2.39 bits per heavy atom. The summed E-state index contributed by atoms with van der Waals surface area (Å²) >= 11 is 0. The monoisotopic (exact) mass is 242 g/mol. The van der Waals surface area contributed by atoms with E-state index in [0.717, 1.165) is 18.0 Å². The van der Waals surface area contributed by atoms with E-state index in [9.17, 15) is 0 Å². The molecule has 2 N–H and O–H groups in total. The van der Waals surface area contributed by atoms with Gasteiger partial charge < -0.3 is 10.2 Å². The zero-order valence-corrected chi connectivity index (χ0v) is 10.4. The molecule has 2 saturated heterocycles. The van der Waals surface area contributed by atoms with Crippen molar-refractivity contribution in [1.82, 2.24) is 20.4 Å². The number of hydrogen-bond donors (Lipinski definition) is 2. The van der Waals surface area contributed by atoms with Crippen molar-refractivity contribution < 1.29 is 0 Å². The molecule has 2 bridgehead atoms. The molecule has 4 rings (SSSR count). The van der Waals surface area contributed by atoms with Crippen LogP contribution in [-0.2, 0) is 6.54 Å². The van der Waals surface area contributed by atoms with Gasteiger partial charge in [-0.1, -0.05) is 12.1 Å². The van der Waals surface area contributed by atoms with Crippen LogP contribution in [0, 0.1) is 5.92 Å². The second-order valence-electron chi connectivity index (χ2n) is 5.59. The Balaban J connectivity index is 1.45. The smallest absolute Gasteiger partial charge is 0.0653 e. The number of hydrogen-bond acceptors (Lipinski definition) is 3. The molecule has 1 aromatic heterocycles. The number of aromatic nitrogens is 2. The minimum Gasteiger partial charge on any atom is -0.308 e. The molecule has 2 aromatic rings. The number of nitrogens with zero attached hydrogens (tertiary/aromatic N) is 2. The zero-order valence-electron chi connectivity index (χ0n) is 10.4. The van der Waals surface area contributed by atoms with Crippen molar-refractivity contribution in [1.29, 1.82) is 0 Å². The Kier molecular flexibility index (Phi) is 2.38. The molecule has 3 atom stereocenters. The largest absolute Gasteiger partial charge is 0.308 e. The number of rotatable bonds is 3. The number of piperidine rings is 1. The first-order valence-corrected chi connectivity index (χ1v) is 6.76. The maximum Gasteiger partial charge on any atom is 0.0653 e. The number of nitrogens with one attached hydrogen (secondary N) is 2. The van der Waals surface area contributed by atoms with Gasteiger partial charge >= 0.3 is 0 Å². The Bertz CT molecular complexity index is 562. The molecule has 2 aliphatic rings. The highest BCUT2D eigenvalue weighted by Gasteiger charge is 2.37. The molecule has 0 aliphatic carbocycles. The average molecular weight is 242 g/mol. The number of aromatic amines is 1. The first kappa shape index (κ1) is 10.5. The second-order valence-corrected chi connectivity index (χ2v) is 5.59. The fourth-order valence-corrected chi connectivity index (χ4v) is 3.36. The molecule has 1 aromatic carbocycles. The van der Waals surface area contributed by atoms with Crippen LogP contribution in [0.4, 0.5) is 0 Å². The molecule has 3 heterocycles. The first-order chi connectivity index (χ1) is 8.88. The van der Waals surface area contributed by atoms with Crippen LogP contribution in [-0.4, -0.2) is 40.8 Å². The van der Waals surface area contributed by atoms with Crippen molar-refractivity contribution in [2.75, 3.05) is 19.6 Å². The average Bonchev–Trinajstić information content (AvgIpc) is 3.11. The lowest BCUT2D eigenvalue weighted by molar-refractivity contribution is 0.315. The summed E-state index contributed by atoms with van der Waals surface area (Å²) in [5, 5.41) is 12.0. The van der Waals surface area contributed by atoms with Crippen LogP contribution in [0.2, 0.25) is 0 Å². The maximum absolute atomic E-state index is 4.06. The quantitative estimate of drug-likeness (QED) is 0.854. The molecule has 94 valence electrons. The maximum atomic E-state index is 4.06. The predicted octanol–water partition coefficient (Wildman–Crippen LogP) is 1.36. The third kappa shape index (κ3) is 1.72. The lowest BCUT2D eigenvalue weighted by Gasteiger charge is -2.23. The van der Waals surface area contributed by atoms with Gasteiger partial charge in [0.1, 0.15) is 0 Å². The lowest BCUT2D eigenvalue weighted by atomic mass is 10.00. The molecule has 0 spiro atoms. The minimum atomic E-state index is 0.691. The van der Waals surface area contributed by atoms with Gasteiger partial charge in [-0.05, 0) is 30.5 Å². The third-order valence-electron chi connectivity index (χ3n) is 4.41. The molecule has 2 fully saturated rings. The van der Waals surface area contributed by atoms with Crippen molar-refractivity contribution >= 4 is 10.9 Å². The van der Waals surface area contributed by atoms with Gasteiger partial charge in [-0.2, -0.15) is 5.10 Å². The lowest BCUT2D eigenvalue weighted by Crippen LogP contribution is -2.39. The minimum absolute atomic E-state index is 0.691. The molecule has 0 amide bonds. The van der Waals surface area contributed by atoms with E-state index in [4.69, 9.17) is 0 Å². The van der Waals surface area contributed by atoms with Gasteiger partial charge in [-0.25, -0.2) is 0 Å². The third-order valence-corrected chi connectivity index (χ3v) is 4.41. The van der Waals surface area contributed by atoms with Crippen LogP contribution >= 0.6 is 0 Å². The Labute approximate surface area is 106 Å². The standard InChI is InChI=1S/C14H18N4/c1-2-11-7-16-17-13(11)5-10(1)6-15-14-9-18-4-3-12(14)8-18/h1-2,5,7,12,14-15H,3-4,6,8-9H2,(H,16,17)/t12-,14-/m0/s1. The molecular formula is C14H18N4. The predicted molar refractivity (Wildman–Crippen MR) is 71.3 cm³/mol. The Morgan fingerprint density at radius 1 is 1.39 bits per heavy atom. The zero-order chi connectivity index (χ0) is 11.9. The summed E-state index contributed by atoms with van der Waals surface area (Å²) in [6, 6.07) is 7.22. The molecular weight excluding hydrogens is 224 g/mol. The van der Waals surface area contributed by atoms with Crippen LogP contribution in [0.5, 0.6) is 0 Å². The normalized spacial score (nSPS) is 30.3. The van der Waals surface area contributed by atoms with Gasteiger partial charge in [-0.15, -0.1) is 0 Å². The highest BCUT2D eigenvalue weighted by molar-refractivity contribution is 5.78. The highest BCUT2D eigenvalue weighted by atomic mass is 15.2. The summed E-state index contributed by atoms with van der Waals surface area (Å²) in [4.78, 5) is 2.57. The SMILES string of the molecule is c1cc2cn[nH]c2cc1CN[C@H]1CN2CC[C@H]1C2. The second kappa shape index (κ2) is 4.07. The number of benzene rings is 1. The fraction of sp³-hybridized carbons (Fsp3) is 0.500. The van der Waals surface area contributed by atoms with Crippen molar-refractivity contribution in [3.05, 3.63) is 30.0 Å². The summed E-state index contributed by atoms with van der Waals surface area (Å²) in [6.45, 7) is 4.81. The summed E-state index contributed by atoms with van der Waals surface area (Å²) in [5.41, 5.74) is 2.47. The van der Waals surface area contributed by atoms with Gasteiger partial charge in [0.2, 0.25) is 0 Å². The molecule has 0 saturated carbocycles. The van der Waals surface area contributed by atoms with Gasteiger partial charge in [0.15, 0.2) is 0 Å². The summed E-state index contributed by atoms with van der Waals surface area (Å²) in [6.07, 6.45) is 3.24. The summed E-state index contributed by atoms with van der Waals surface area (Å²) in [5.74, 6) is 0.876. The van der Waals surface area contributed by atoms with Crippen molar-refractivity contribution in [3.8, 4) is 0 Å². The van der Waals surface area contributed by atoms with Crippen molar-refractivity contribution in [2.45, 2.75) is 19.0 Å². The Morgan fingerprint density at radius 3 is 3.22 bits per heavy atom. The van der Waals surface area contributed by atoms with E-state index in [1.807, 2.05) is 6.20 Å².